The molecular weight excluding hydrogens is 416 g/mol. The molecule has 1 aliphatic carbocycles. The maximum atomic E-state index is 6.29. The zero-order chi connectivity index (χ0) is 24.0. The van der Waals surface area contributed by atoms with E-state index in [0.717, 1.165) is 50.9 Å². The lowest BCUT2D eigenvalue weighted by Gasteiger charge is -2.28. The minimum Gasteiger partial charge on any atom is -0.381 e. The van der Waals surface area contributed by atoms with Gasteiger partial charge in [-0.1, -0.05) is 95.0 Å². The lowest BCUT2D eigenvalue weighted by Crippen LogP contribution is -2.21. The van der Waals surface area contributed by atoms with Crippen LogP contribution in [0.25, 0.3) is 11.1 Å². The van der Waals surface area contributed by atoms with Gasteiger partial charge in [-0.2, -0.15) is 0 Å². The highest BCUT2D eigenvalue weighted by molar-refractivity contribution is 5.63. The molecule has 188 valence electrons. The fourth-order valence-corrected chi connectivity index (χ4v) is 5.07. The van der Waals surface area contributed by atoms with Crippen molar-refractivity contribution >= 4 is 0 Å². The third kappa shape index (κ3) is 9.92. The van der Waals surface area contributed by atoms with E-state index >= 15 is 0 Å². The number of aryl methyl sites for hydroxylation is 1. The van der Waals surface area contributed by atoms with Crippen molar-refractivity contribution < 1.29 is 9.47 Å². The molecule has 0 spiro atoms. The Bertz CT molecular complexity index is 770. The summed E-state index contributed by atoms with van der Waals surface area (Å²) in [5, 5.41) is 0. The Morgan fingerprint density at radius 3 is 2.03 bits per heavy atom. The molecule has 1 aliphatic rings. The van der Waals surface area contributed by atoms with Crippen molar-refractivity contribution in [2.45, 2.75) is 104 Å². The standard InChI is InChI=1S/C32H48O2/c1-4-23-33-24-7-10-28-11-17-30(18-12-28)31-19-13-29(14-20-31)25-34-32-21-15-27(16-22-32)9-6-5-8-26(2)3/h11-14,17-20,26-27,32H,4-10,15-16,21-25H2,1-3H3. The van der Waals surface area contributed by atoms with Crippen LogP contribution in [0.1, 0.15) is 96.1 Å². The number of hydrogen-bond acceptors (Lipinski definition) is 2. The summed E-state index contributed by atoms with van der Waals surface area (Å²) < 4.78 is 11.9. The topological polar surface area (TPSA) is 18.5 Å². The van der Waals surface area contributed by atoms with E-state index in [4.69, 9.17) is 9.47 Å². The van der Waals surface area contributed by atoms with Gasteiger partial charge in [0.2, 0.25) is 0 Å². The van der Waals surface area contributed by atoms with Crippen molar-refractivity contribution in [2.75, 3.05) is 13.2 Å². The molecular formula is C32H48O2. The van der Waals surface area contributed by atoms with E-state index in [9.17, 15) is 0 Å². The normalized spacial score (nSPS) is 18.5. The first-order valence-corrected chi connectivity index (χ1v) is 14.0. The Balaban J connectivity index is 1.34. The summed E-state index contributed by atoms with van der Waals surface area (Å²) >= 11 is 0. The Hall–Kier alpha value is -1.64. The average molecular weight is 465 g/mol. The van der Waals surface area contributed by atoms with E-state index in [1.807, 2.05) is 0 Å². The second-order valence-electron chi connectivity index (χ2n) is 10.7. The molecule has 0 saturated heterocycles. The maximum absolute atomic E-state index is 6.29. The van der Waals surface area contributed by atoms with Gasteiger partial charge < -0.3 is 9.47 Å². The first-order valence-electron chi connectivity index (χ1n) is 14.0. The van der Waals surface area contributed by atoms with E-state index in [2.05, 4.69) is 69.3 Å². The van der Waals surface area contributed by atoms with Crippen molar-refractivity contribution in [3.63, 3.8) is 0 Å². The second-order valence-corrected chi connectivity index (χ2v) is 10.7. The lowest BCUT2D eigenvalue weighted by atomic mass is 9.84. The molecule has 0 atom stereocenters. The molecule has 0 amide bonds. The highest BCUT2D eigenvalue weighted by atomic mass is 16.5. The van der Waals surface area contributed by atoms with Crippen LogP contribution in [-0.2, 0) is 22.5 Å². The molecule has 3 rings (SSSR count). The van der Waals surface area contributed by atoms with Gasteiger partial charge >= 0.3 is 0 Å². The number of benzene rings is 2. The van der Waals surface area contributed by atoms with Crippen LogP contribution in [0.3, 0.4) is 0 Å². The summed E-state index contributed by atoms with van der Waals surface area (Å²) in [6.45, 7) is 9.29. The molecule has 1 fully saturated rings. The summed E-state index contributed by atoms with van der Waals surface area (Å²) in [5.41, 5.74) is 5.23. The van der Waals surface area contributed by atoms with Crippen LogP contribution in [0.5, 0.6) is 0 Å². The largest absolute Gasteiger partial charge is 0.381 e. The van der Waals surface area contributed by atoms with Crippen LogP contribution in [-0.4, -0.2) is 19.3 Å². The van der Waals surface area contributed by atoms with Crippen LogP contribution in [0, 0.1) is 11.8 Å². The Morgan fingerprint density at radius 1 is 0.765 bits per heavy atom. The SMILES string of the molecule is CCCOCCCc1ccc(-c2ccc(COC3CCC(CCCCC(C)C)CC3)cc2)cc1. The van der Waals surface area contributed by atoms with Gasteiger partial charge in [0.05, 0.1) is 12.7 Å². The molecule has 0 aromatic heterocycles. The van der Waals surface area contributed by atoms with Gasteiger partial charge in [0.1, 0.15) is 0 Å². The van der Waals surface area contributed by atoms with Crippen molar-refractivity contribution in [3.8, 4) is 11.1 Å². The van der Waals surface area contributed by atoms with E-state index in [1.54, 1.807) is 0 Å². The molecule has 2 aromatic carbocycles. The molecule has 0 heterocycles. The monoisotopic (exact) mass is 464 g/mol. The summed E-state index contributed by atoms with van der Waals surface area (Å²) in [4.78, 5) is 0. The molecule has 2 heteroatoms. The van der Waals surface area contributed by atoms with Crippen molar-refractivity contribution in [3.05, 3.63) is 59.7 Å². The van der Waals surface area contributed by atoms with Gasteiger partial charge in [0.15, 0.2) is 0 Å². The zero-order valence-electron chi connectivity index (χ0n) is 22.1. The van der Waals surface area contributed by atoms with E-state index in [0.29, 0.717) is 6.10 Å². The Morgan fingerprint density at radius 2 is 1.41 bits per heavy atom. The van der Waals surface area contributed by atoms with Crippen LogP contribution in [0.2, 0.25) is 0 Å². The van der Waals surface area contributed by atoms with Gasteiger partial charge in [-0.15, -0.1) is 0 Å². The van der Waals surface area contributed by atoms with Crippen molar-refractivity contribution in [1.82, 2.24) is 0 Å². The zero-order valence-corrected chi connectivity index (χ0v) is 22.1. The van der Waals surface area contributed by atoms with E-state index < -0.39 is 0 Å². The average Bonchev–Trinajstić information content (AvgIpc) is 2.86. The molecule has 34 heavy (non-hydrogen) atoms. The molecule has 2 aromatic rings. The summed E-state index contributed by atoms with van der Waals surface area (Å²) in [5.74, 6) is 1.79. The highest BCUT2D eigenvalue weighted by Gasteiger charge is 2.21. The van der Waals surface area contributed by atoms with Gasteiger partial charge in [0, 0.05) is 13.2 Å². The molecule has 1 saturated carbocycles. The molecule has 0 bridgehead atoms. The van der Waals surface area contributed by atoms with Crippen LogP contribution in [0.4, 0.5) is 0 Å². The quantitative estimate of drug-likeness (QED) is 0.245. The fraction of sp³-hybridized carbons (Fsp3) is 0.625. The van der Waals surface area contributed by atoms with Gasteiger partial charge in [-0.25, -0.2) is 0 Å². The lowest BCUT2D eigenvalue weighted by molar-refractivity contribution is 0.00614. The number of unbranched alkanes of at least 4 members (excludes halogenated alkanes) is 1. The minimum absolute atomic E-state index is 0.450. The number of hydrogen-bond donors (Lipinski definition) is 0. The van der Waals surface area contributed by atoms with Crippen LogP contribution >= 0.6 is 0 Å². The van der Waals surface area contributed by atoms with Crippen LogP contribution < -0.4 is 0 Å². The summed E-state index contributed by atoms with van der Waals surface area (Å²) in [7, 11) is 0. The summed E-state index contributed by atoms with van der Waals surface area (Å²) in [6.07, 6.45) is 14.5. The predicted octanol–water partition coefficient (Wildman–Crippen LogP) is 9.00. The van der Waals surface area contributed by atoms with Gasteiger partial charge in [-0.3, -0.25) is 0 Å². The third-order valence-electron chi connectivity index (χ3n) is 7.27. The molecule has 0 unspecified atom stereocenters. The summed E-state index contributed by atoms with van der Waals surface area (Å²) in [6, 6.07) is 17.9. The van der Waals surface area contributed by atoms with Gasteiger partial charge in [-0.05, 0) is 79.0 Å². The molecule has 0 radical (unpaired) electrons. The molecule has 0 N–H and O–H groups in total. The van der Waals surface area contributed by atoms with E-state index in [1.165, 1.54) is 73.6 Å². The maximum Gasteiger partial charge on any atom is 0.0720 e. The minimum atomic E-state index is 0.450. The third-order valence-corrected chi connectivity index (χ3v) is 7.27. The number of rotatable bonds is 15. The molecule has 0 aliphatic heterocycles. The molecule has 2 nitrogen and oxygen atoms in total. The first kappa shape index (κ1) is 27.0. The fourth-order valence-electron chi connectivity index (χ4n) is 5.07. The van der Waals surface area contributed by atoms with E-state index in [-0.39, 0.29) is 0 Å². The van der Waals surface area contributed by atoms with Crippen LogP contribution in [0.15, 0.2) is 48.5 Å². The smallest absolute Gasteiger partial charge is 0.0720 e. The van der Waals surface area contributed by atoms with Crippen molar-refractivity contribution in [2.24, 2.45) is 11.8 Å². The second kappa shape index (κ2) is 15.4. The first-order chi connectivity index (χ1) is 16.6. The number of ether oxygens (including phenoxy) is 2. The Labute approximate surface area is 209 Å². The predicted molar refractivity (Wildman–Crippen MR) is 145 cm³/mol. The van der Waals surface area contributed by atoms with Gasteiger partial charge in [0.25, 0.3) is 0 Å². The Kier molecular flexibility index (Phi) is 12.2. The van der Waals surface area contributed by atoms with Crippen molar-refractivity contribution in [1.29, 1.82) is 0 Å². The highest BCUT2D eigenvalue weighted by Crippen LogP contribution is 2.31.